The number of halogens is 2. The van der Waals surface area contributed by atoms with Gasteiger partial charge < -0.3 is 0 Å². The van der Waals surface area contributed by atoms with Gasteiger partial charge in [-0.2, -0.15) is 17.5 Å². The summed E-state index contributed by atoms with van der Waals surface area (Å²) in [7, 11) is 0. The Kier molecular flexibility index (Phi) is 6.50. The molecule has 0 N–H and O–H groups in total. The minimum absolute atomic E-state index is 0.671. The molecule has 0 spiro atoms. The fourth-order valence-corrected chi connectivity index (χ4v) is 8.04. The minimum atomic E-state index is -0.993. The molecule has 0 fully saturated rings. The number of aromatic nitrogens is 2. The molecule has 0 saturated heterocycles. The van der Waals surface area contributed by atoms with Crippen molar-refractivity contribution in [2.75, 3.05) is 0 Å². The number of hydrogen-bond donors (Lipinski definition) is 0. The van der Waals surface area contributed by atoms with Crippen LogP contribution in [0.4, 0.5) is 20.2 Å². The van der Waals surface area contributed by atoms with Gasteiger partial charge >= 0.3 is 0 Å². The zero-order valence-electron chi connectivity index (χ0n) is 21.3. The second-order valence-corrected chi connectivity index (χ2v) is 12.7. The van der Waals surface area contributed by atoms with Gasteiger partial charge in [-0.15, -0.1) is 22.7 Å². The van der Waals surface area contributed by atoms with Crippen LogP contribution in [-0.2, 0) is 11.4 Å². The fraction of sp³-hybridized carbons (Fsp3) is 0.133. The van der Waals surface area contributed by atoms with E-state index in [9.17, 15) is 8.78 Å². The minimum Gasteiger partial charge on any atom is -0.243 e. The van der Waals surface area contributed by atoms with Gasteiger partial charge in [-0.25, -0.2) is 8.78 Å². The molecule has 6 aromatic rings. The number of alkyl halides is 2. The van der Waals surface area contributed by atoms with Crippen LogP contribution in [0, 0.1) is 0 Å². The lowest BCUT2D eigenvalue weighted by atomic mass is 10.0. The highest BCUT2D eigenvalue weighted by molar-refractivity contribution is 7.58. The molecule has 198 valence electrons. The summed E-state index contributed by atoms with van der Waals surface area (Å²) < 4.78 is 46.2. The fourth-order valence-electron chi connectivity index (χ4n) is 4.80. The Balaban J connectivity index is 1.31. The first kappa shape index (κ1) is 25.5. The smallest absolute Gasteiger partial charge is 0.122 e. The van der Waals surface area contributed by atoms with Crippen LogP contribution < -0.4 is 0 Å². The third-order valence-electron chi connectivity index (χ3n) is 6.94. The third-order valence-corrected chi connectivity index (χ3v) is 10.3. The van der Waals surface area contributed by atoms with Gasteiger partial charge in [-0.1, -0.05) is 48.5 Å². The average molecular weight is 603 g/mol. The molecule has 0 bridgehead atoms. The van der Waals surface area contributed by atoms with Gasteiger partial charge in [0, 0.05) is 30.6 Å². The van der Waals surface area contributed by atoms with E-state index in [4.69, 9.17) is 17.5 Å². The van der Waals surface area contributed by atoms with E-state index in [0.717, 1.165) is 64.2 Å². The maximum absolute atomic E-state index is 13.7. The normalized spacial score (nSPS) is 13.9. The number of fused-ring (bicyclic) bond motifs is 2. The summed E-state index contributed by atoms with van der Waals surface area (Å²) in [5.74, 6) is 0. The first-order valence-corrected chi connectivity index (χ1v) is 15.7. The van der Waals surface area contributed by atoms with Crippen LogP contribution in [-0.4, -0.2) is 8.75 Å². The molecule has 1 aliphatic heterocycles. The first-order chi connectivity index (χ1) is 19.5. The van der Waals surface area contributed by atoms with Crippen LogP contribution >= 0.6 is 34.4 Å². The summed E-state index contributed by atoms with van der Waals surface area (Å²) in [6.45, 7) is 3.09. The maximum atomic E-state index is 13.7. The van der Waals surface area contributed by atoms with Gasteiger partial charge in [0.15, 0.2) is 0 Å². The molecule has 3 aromatic carbocycles. The zero-order chi connectivity index (χ0) is 27.4. The Hall–Kier alpha value is -3.44. The molecule has 4 heterocycles. The van der Waals surface area contributed by atoms with E-state index in [2.05, 4.69) is 24.3 Å². The topological polar surface area (TPSA) is 50.5 Å². The van der Waals surface area contributed by atoms with E-state index >= 15 is 0 Å². The van der Waals surface area contributed by atoms with E-state index < -0.39 is 12.3 Å². The second-order valence-electron chi connectivity index (χ2n) is 9.48. The SMILES string of the molecule is CC(F)c1ccc(-c2ccc(-c3c4c(c(-c5ccc(-c6ccc(C(C)F)cc6)s5)c5nsnc35)N=S=N4)s2)cc1. The van der Waals surface area contributed by atoms with Gasteiger partial charge in [0.2, 0.25) is 0 Å². The van der Waals surface area contributed by atoms with Gasteiger partial charge in [-0.3, -0.25) is 0 Å². The van der Waals surface area contributed by atoms with Crippen molar-refractivity contribution in [1.82, 2.24) is 8.75 Å². The van der Waals surface area contributed by atoms with Crippen molar-refractivity contribution < 1.29 is 8.78 Å². The predicted octanol–water partition coefficient (Wildman–Crippen LogP) is 11.3. The molecule has 10 heteroatoms. The van der Waals surface area contributed by atoms with Crippen LogP contribution in [0.1, 0.15) is 37.3 Å². The maximum Gasteiger partial charge on any atom is 0.122 e. The molecular formula is C30H20F2N4S4. The summed E-state index contributed by atoms with van der Waals surface area (Å²) in [6, 6.07) is 23.5. The number of nitrogens with zero attached hydrogens (tertiary/aromatic N) is 4. The molecule has 4 nitrogen and oxygen atoms in total. The summed E-state index contributed by atoms with van der Waals surface area (Å²) in [6.07, 6.45) is -1.99. The summed E-state index contributed by atoms with van der Waals surface area (Å²) >= 11 is 5.67. The van der Waals surface area contributed by atoms with Gasteiger partial charge in [0.05, 0.1) is 23.1 Å². The lowest BCUT2D eigenvalue weighted by molar-refractivity contribution is 0.374. The highest BCUT2D eigenvalue weighted by Crippen LogP contribution is 2.54. The largest absolute Gasteiger partial charge is 0.243 e. The Morgan fingerprint density at radius 1 is 0.550 bits per heavy atom. The average Bonchev–Trinajstić information content (AvgIpc) is 3.78. The predicted molar refractivity (Wildman–Crippen MR) is 165 cm³/mol. The van der Waals surface area contributed by atoms with Crippen molar-refractivity contribution in [1.29, 1.82) is 0 Å². The van der Waals surface area contributed by atoms with Crippen LogP contribution in [0.5, 0.6) is 0 Å². The van der Waals surface area contributed by atoms with E-state index in [1.807, 2.05) is 48.5 Å². The van der Waals surface area contributed by atoms with Crippen molar-refractivity contribution in [3.8, 4) is 41.8 Å². The lowest BCUT2D eigenvalue weighted by Crippen LogP contribution is -1.85. The molecular weight excluding hydrogens is 583 g/mol. The summed E-state index contributed by atoms with van der Waals surface area (Å²) in [4.78, 5) is 4.24. The molecule has 0 aliphatic carbocycles. The van der Waals surface area contributed by atoms with Crippen molar-refractivity contribution in [3.63, 3.8) is 0 Å². The summed E-state index contributed by atoms with van der Waals surface area (Å²) in [5.41, 5.74) is 8.55. The number of rotatable bonds is 6. The monoisotopic (exact) mass is 602 g/mol. The molecule has 3 aromatic heterocycles. The Bertz CT molecular complexity index is 1810. The van der Waals surface area contributed by atoms with Gasteiger partial charge in [-0.05, 0) is 60.4 Å². The Morgan fingerprint density at radius 2 is 0.950 bits per heavy atom. The van der Waals surface area contributed by atoms with Crippen molar-refractivity contribution in [2.24, 2.45) is 8.73 Å². The van der Waals surface area contributed by atoms with Gasteiger partial charge in [0.25, 0.3) is 0 Å². The van der Waals surface area contributed by atoms with E-state index in [1.54, 1.807) is 36.5 Å². The number of thiophene rings is 2. The Morgan fingerprint density at radius 3 is 1.35 bits per heavy atom. The molecule has 2 unspecified atom stereocenters. The highest BCUT2D eigenvalue weighted by atomic mass is 32.1. The van der Waals surface area contributed by atoms with E-state index in [1.165, 1.54) is 23.1 Å². The molecule has 1 aliphatic rings. The summed E-state index contributed by atoms with van der Waals surface area (Å²) in [5, 5.41) is 0. The molecule has 40 heavy (non-hydrogen) atoms. The molecule has 0 saturated carbocycles. The molecule has 0 amide bonds. The molecule has 7 rings (SSSR count). The van der Waals surface area contributed by atoms with Crippen LogP contribution in [0.25, 0.3) is 52.8 Å². The zero-order valence-corrected chi connectivity index (χ0v) is 24.5. The van der Waals surface area contributed by atoms with E-state index in [0.29, 0.717) is 11.1 Å². The lowest BCUT2D eigenvalue weighted by Gasteiger charge is -2.09. The highest BCUT2D eigenvalue weighted by Gasteiger charge is 2.27. The standard InChI is InChI=1S/C30H20F2N4S4/c1-15(31)17-3-7-19(8-4-17)21-11-13-23(37-21)25-27-29(35-39-33-27)26(30-28(25)34-40-36-30)24-14-12-22(38-24)20-9-5-18(6-10-20)16(2)32/h3-16H,1-2H3. The van der Waals surface area contributed by atoms with E-state index in [-0.39, 0.29) is 0 Å². The van der Waals surface area contributed by atoms with Crippen LogP contribution in [0.2, 0.25) is 0 Å². The van der Waals surface area contributed by atoms with Crippen LogP contribution in [0.3, 0.4) is 0 Å². The molecule has 0 radical (unpaired) electrons. The molecule has 2 atom stereocenters. The van der Waals surface area contributed by atoms with Crippen LogP contribution in [0.15, 0.2) is 81.5 Å². The van der Waals surface area contributed by atoms with Crippen molar-refractivity contribution >= 4 is 68.2 Å². The quantitative estimate of drug-likeness (QED) is 0.190. The van der Waals surface area contributed by atoms with Crippen molar-refractivity contribution in [3.05, 3.63) is 83.9 Å². The second kappa shape index (κ2) is 10.2. The number of hydrogen-bond acceptors (Lipinski definition) is 7. The van der Waals surface area contributed by atoms with Crippen molar-refractivity contribution in [2.45, 2.75) is 26.2 Å². The Labute approximate surface area is 245 Å². The van der Waals surface area contributed by atoms with Gasteiger partial charge in [0.1, 0.15) is 34.8 Å². The number of benzene rings is 3. The first-order valence-electron chi connectivity index (χ1n) is 12.6. The third kappa shape index (κ3) is 4.35.